The number of anilines is 1. The first kappa shape index (κ1) is 13.7. The van der Waals surface area contributed by atoms with E-state index in [4.69, 9.17) is 0 Å². The maximum atomic E-state index is 12.5. The topological polar surface area (TPSA) is 39.7 Å². The molecule has 0 aromatic carbocycles. The Bertz CT molecular complexity index is 434. The molecule has 2 amide bonds. The molecule has 2 aliphatic heterocycles. The van der Waals surface area contributed by atoms with Crippen LogP contribution >= 0.6 is 11.3 Å². The van der Waals surface area contributed by atoms with E-state index in [9.17, 15) is 4.79 Å². The van der Waals surface area contributed by atoms with E-state index in [1.807, 2.05) is 21.4 Å². The van der Waals surface area contributed by atoms with Crippen molar-refractivity contribution in [2.75, 3.05) is 44.2 Å². The van der Waals surface area contributed by atoms with Crippen LogP contribution in [-0.2, 0) is 0 Å². The number of aromatic nitrogens is 1. The molecule has 2 fully saturated rings. The molecule has 0 unspecified atom stereocenters. The quantitative estimate of drug-likeness (QED) is 0.796. The van der Waals surface area contributed by atoms with Gasteiger partial charge in [0, 0.05) is 50.8 Å². The summed E-state index contributed by atoms with van der Waals surface area (Å²) in [6.45, 7) is 7.52. The first-order valence-corrected chi connectivity index (χ1v) is 8.30. The number of hydrogen-bond donors (Lipinski definition) is 0. The number of likely N-dealkylation sites (tertiary alicyclic amines) is 1. The summed E-state index contributed by atoms with van der Waals surface area (Å²) in [5.41, 5.74) is 0. The fraction of sp³-hybridized carbons (Fsp3) is 0.714. The van der Waals surface area contributed by atoms with Crippen LogP contribution in [0.15, 0.2) is 11.6 Å². The second kappa shape index (κ2) is 5.99. The minimum absolute atomic E-state index is 0.232. The van der Waals surface area contributed by atoms with E-state index in [2.05, 4.69) is 16.8 Å². The molecule has 6 heteroatoms. The van der Waals surface area contributed by atoms with Crippen LogP contribution in [0.25, 0.3) is 0 Å². The molecule has 3 heterocycles. The van der Waals surface area contributed by atoms with Crippen molar-refractivity contribution >= 4 is 22.5 Å². The van der Waals surface area contributed by atoms with Gasteiger partial charge in [-0.25, -0.2) is 9.78 Å². The first-order valence-electron chi connectivity index (χ1n) is 7.42. The van der Waals surface area contributed by atoms with Crippen LogP contribution < -0.4 is 4.90 Å². The van der Waals surface area contributed by atoms with Gasteiger partial charge in [-0.05, 0) is 18.8 Å². The maximum absolute atomic E-state index is 12.5. The van der Waals surface area contributed by atoms with E-state index >= 15 is 0 Å². The summed E-state index contributed by atoms with van der Waals surface area (Å²) >= 11 is 1.67. The van der Waals surface area contributed by atoms with E-state index in [1.54, 1.807) is 11.3 Å². The van der Waals surface area contributed by atoms with Crippen LogP contribution in [0.2, 0.25) is 0 Å². The molecular formula is C14H22N4OS. The van der Waals surface area contributed by atoms with Crippen molar-refractivity contribution in [2.24, 2.45) is 5.92 Å². The Kier molecular flexibility index (Phi) is 4.10. The predicted molar refractivity (Wildman–Crippen MR) is 81.3 cm³/mol. The summed E-state index contributed by atoms with van der Waals surface area (Å²) in [6.07, 6.45) is 4.13. The van der Waals surface area contributed by atoms with Crippen molar-refractivity contribution in [1.29, 1.82) is 0 Å². The molecule has 0 radical (unpaired) electrons. The second-order valence-corrected chi connectivity index (χ2v) is 6.61. The Morgan fingerprint density at radius 3 is 2.40 bits per heavy atom. The Morgan fingerprint density at radius 1 is 1.15 bits per heavy atom. The van der Waals surface area contributed by atoms with Crippen molar-refractivity contribution in [3.05, 3.63) is 11.6 Å². The highest BCUT2D eigenvalue weighted by Gasteiger charge is 2.27. The van der Waals surface area contributed by atoms with Crippen molar-refractivity contribution in [3.8, 4) is 0 Å². The molecular weight excluding hydrogens is 272 g/mol. The van der Waals surface area contributed by atoms with Crippen LogP contribution in [0.4, 0.5) is 9.93 Å². The van der Waals surface area contributed by atoms with E-state index in [0.717, 1.165) is 63.2 Å². The molecule has 0 aliphatic carbocycles. The number of carbonyl (C=O) groups excluding carboxylic acids is 1. The van der Waals surface area contributed by atoms with Crippen molar-refractivity contribution in [2.45, 2.75) is 19.8 Å². The monoisotopic (exact) mass is 294 g/mol. The lowest BCUT2D eigenvalue weighted by molar-refractivity contribution is 0.132. The highest BCUT2D eigenvalue weighted by atomic mass is 32.1. The van der Waals surface area contributed by atoms with Crippen LogP contribution in [0.3, 0.4) is 0 Å². The number of piperidine rings is 1. The van der Waals surface area contributed by atoms with Gasteiger partial charge in [0.15, 0.2) is 5.13 Å². The van der Waals surface area contributed by atoms with Crippen LogP contribution in [0, 0.1) is 5.92 Å². The summed E-state index contributed by atoms with van der Waals surface area (Å²) in [5, 5.41) is 3.07. The molecule has 0 saturated carbocycles. The normalized spacial score (nSPS) is 21.4. The number of amides is 2. The Labute approximate surface area is 124 Å². The SMILES string of the molecule is CC1CCN(C(=O)N2CCN(c3nccs3)CC2)CC1. The fourth-order valence-electron chi connectivity index (χ4n) is 2.86. The summed E-state index contributed by atoms with van der Waals surface area (Å²) in [6, 6.07) is 0.232. The molecule has 2 saturated heterocycles. The molecule has 0 N–H and O–H groups in total. The smallest absolute Gasteiger partial charge is 0.320 e. The number of urea groups is 1. The molecule has 1 aromatic heterocycles. The highest BCUT2D eigenvalue weighted by molar-refractivity contribution is 7.13. The van der Waals surface area contributed by atoms with Crippen LogP contribution in [0.1, 0.15) is 19.8 Å². The van der Waals surface area contributed by atoms with Crippen molar-refractivity contribution in [1.82, 2.24) is 14.8 Å². The Morgan fingerprint density at radius 2 is 1.80 bits per heavy atom. The zero-order valence-electron chi connectivity index (χ0n) is 12.0. The average Bonchev–Trinajstić information content (AvgIpc) is 3.02. The minimum atomic E-state index is 0.232. The number of carbonyl (C=O) groups is 1. The number of piperazine rings is 1. The Hall–Kier alpha value is -1.30. The molecule has 1 aromatic rings. The van der Waals surface area contributed by atoms with Crippen LogP contribution in [0.5, 0.6) is 0 Å². The van der Waals surface area contributed by atoms with Gasteiger partial charge in [-0.2, -0.15) is 0 Å². The van der Waals surface area contributed by atoms with Gasteiger partial charge in [0.05, 0.1) is 0 Å². The Balaban J connectivity index is 1.51. The zero-order chi connectivity index (χ0) is 13.9. The molecule has 110 valence electrons. The summed E-state index contributed by atoms with van der Waals surface area (Å²) in [5.74, 6) is 0.765. The maximum Gasteiger partial charge on any atom is 0.320 e. The first-order chi connectivity index (χ1) is 9.74. The van der Waals surface area contributed by atoms with Gasteiger partial charge in [-0.1, -0.05) is 6.92 Å². The fourth-order valence-corrected chi connectivity index (χ4v) is 3.56. The van der Waals surface area contributed by atoms with E-state index in [0.29, 0.717) is 0 Å². The van der Waals surface area contributed by atoms with Gasteiger partial charge < -0.3 is 14.7 Å². The number of hydrogen-bond acceptors (Lipinski definition) is 4. The third-order valence-corrected chi connectivity index (χ3v) is 5.13. The lowest BCUT2D eigenvalue weighted by Crippen LogP contribution is -2.54. The number of thiazole rings is 1. The third-order valence-electron chi connectivity index (χ3n) is 4.29. The lowest BCUT2D eigenvalue weighted by atomic mass is 9.99. The average molecular weight is 294 g/mol. The van der Waals surface area contributed by atoms with Gasteiger partial charge in [-0.15, -0.1) is 11.3 Å². The number of nitrogens with zero attached hydrogens (tertiary/aromatic N) is 4. The standard InChI is InChI=1S/C14H22N4OS/c1-12-2-5-17(6-3-12)14(19)18-9-7-16(8-10-18)13-15-4-11-20-13/h4,11-12H,2-3,5-10H2,1H3. The van der Waals surface area contributed by atoms with E-state index in [1.165, 1.54) is 0 Å². The molecule has 5 nitrogen and oxygen atoms in total. The molecule has 2 aliphatic rings. The van der Waals surface area contributed by atoms with Gasteiger partial charge >= 0.3 is 6.03 Å². The van der Waals surface area contributed by atoms with Crippen molar-refractivity contribution < 1.29 is 4.79 Å². The molecule has 0 spiro atoms. The van der Waals surface area contributed by atoms with E-state index in [-0.39, 0.29) is 6.03 Å². The van der Waals surface area contributed by atoms with Gasteiger partial charge in [0.2, 0.25) is 0 Å². The largest absolute Gasteiger partial charge is 0.345 e. The zero-order valence-corrected chi connectivity index (χ0v) is 12.8. The predicted octanol–water partition coefficient (Wildman–Crippen LogP) is 2.12. The molecule has 20 heavy (non-hydrogen) atoms. The van der Waals surface area contributed by atoms with Gasteiger partial charge in [0.1, 0.15) is 0 Å². The minimum Gasteiger partial charge on any atom is -0.345 e. The van der Waals surface area contributed by atoms with Crippen molar-refractivity contribution in [3.63, 3.8) is 0 Å². The highest BCUT2D eigenvalue weighted by Crippen LogP contribution is 2.21. The third kappa shape index (κ3) is 2.90. The molecule has 0 bridgehead atoms. The summed E-state index contributed by atoms with van der Waals surface area (Å²) < 4.78 is 0. The summed E-state index contributed by atoms with van der Waals surface area (Å²) in [4.78, 5) is 23.1. The lowest BCUT2D eigenvalue weighted by Gasteiger charge is -2.39. The van der Waals surface area contributed by atoms with Crippen LogP contribution in [-0.4, -0.2) is 60.1 Å². The van der Waals surface area contributed by atoms with Gasteiger partial charge in [-0.3, -0.25) is 0 Å². The molecule has 0 atom stereocenters. The summed E-state index contributed by atoms with van der Waals surface area (Å²) in [7, 11) is 0. The number of rotatable bonds is 1. The van der Waals surface area contributed by atoms with E-state index < -0.39 is 0 Å². The second-order valence-electron chi connectivity index (χ2n) is 5.74. The van der Waals surface area contributed by atoms with Gasteiger partial charge in [0.25, 0.3) is 0 Å². The molecule has 3 rings (SSSR count).